The van der Waals surface area contributed by atoms with Gasteiger partial charge in [0.15, 0.2) is 0 Å². The van der Waals surface area contributed by atoms with E-state index in [1.165, 1.54) is 11.1 Å². The second-order valence-corrected chi connectivity index (χ2v) is 5.22. The summed E-state index contributed by atoms with van der Waals surface area (Å²) < 4.78 is 0. The third-order valence-electron chi connectivity index (χ3n) is 3.36. The van der Waals surface area contributed by atoms with Crippen LogP contribution in [0.3, 0.4) is 0 Å². The van der Waals surface area contributed by atoms with E-state index in [1.54, 1.807) is 0 Å². The molecule has 0 aromatic heterocycles. The molecule has 106 valence electrons. The van der Waals surface area contributed by atoms with E-state index in [9.17, 15) is 4.79 Å². The first kappa shape index (κ1) is 15.7. The van der Waals surface area contributed by atoms with E-state index in [-0.39, 0.29) is 18.0 Å². The van der Waals surface area contributed by atoms with Gasteiger partial charge in [-0.1, -0.05) is 36.8 Å². The molecule has 2 unspecified atom stereocenters. The van der Waals surface area contributed by atoms with Crippen LogP contribution in [0, 0.1) is 6.92 Å². The molecule has 0 spiro atoms. The van der Waals surface area contributed by atoms with Crippen molar-refractivity contribution in [2.75, 3.05) is 6.54 Å². The van der Waals surface area contributed by atoms with Crippen LogP contribution in [-0.2, 0) is 4.79 Å². The second-order valence-electron chi connectivity index (χ2n) is 5.22. The molecule has 0 bridgehead atoms. The molecule has 0 aliphatic rings. The molecule has 0 fully saturated rings. The zero-order valence-corrected chi connectivity index (χ0v) is 12.5. The highest BCUT2D eigenvalue weighted by atomic mass is 16.1. The summed E-state index contributed by atoms with van der Waals surface area (Å²) in [6.45, 7) is 9.03. The van der Waals surface area contributed by atoms with Crippen LogP contribution in [0.15, 0.2) is 24.3 Å². The lowest BCUT2D eigenvalue weighted by atomic mass is 10.1. The quantitative estimate of drug-likeness (QED) is 0.793. The van der Waals surface area contributed by atoms with E-state index in [4.69, 9.17) is 0 Å². The molecule has 0 saturated carbocycles. The van der Waals surface area contributed by atoms with Gasteiger partial charge < -0.3 is 10.6 Å². The summed E-state index contributed by atoms with van der Waals surface area (Å²) in [7, 11) is 0. The minimum atomic E-state index is 0.123. The van der Waals surface area contributed by atoms with Crippen molar-refractivity contribution >= 4 is 5.91 Å². The maximum atomic E-state index is 11.6. The van der Waals surface area contributed by atoms with E-state index in [2.05, 4.69) is 55.7 Å². The van der Waals surface area contributed by atoms with Gasteiger partial charge in [-0.3, -0.25) is 4.79 Å². The molecule has 0 aliphatic heterocycles. The Morgan fingerprint density at radius 3 is 2.68 bits per heavy atom. The number of rotatable bonds is 7. The van der Waals surface area contributed by atoms with Gasteiger partial charge in [-0.15, -0.1) is 0 Å². The lowest BCUT2D eigenvalue weighted by Crippen LogP contribution is -2.34. The molecule has 3 nitrogen and oxygen atoms in total. The van der Waals surface area contributed by atoms with Crippen LogP contribution in [-0.4, -0.2) is 18.5 Å². The van der Waals surface area contributed by atoms with Crippen LogP contribution in [0.1, 0.15) is 50.8 Å². The number of amides is 1. The van der Waals surface area contributed by atoms with Gasteiger partial charge in [0, 0.05) is 25.0 Å². The first-order valence-electron chi connectivity index (χ1n) is 7.12. The molecule has 1 aromatic carbocycles. The standard InChI is InChI=1S/C16H26N2O/c1-5-13(3)18-16(19)9-10-17-14(4)15-8-6-7-12(2)11-15/h6-8,11,13-14,17H,5,9-10H2,1-4H3,(H,18,19). The number of carbonyl (C=O) groups excluding carboxylic acids is 1. The fourth-order valence-electron chi connectivity index (χ4n) is 1.91. The fraction of sp³-hybridized carbons (Fsp3) is 0.562. The maximum absolute atomic E-state index is 11.6. The molecule has 2 N–H and O–H groups in total. The van der Waals surface area contributed by atoms with Gasteiger partial charge >= 0.3 is 0 Å². The molecular weight excluding hydrogens is 236 g/mol. The Hall–Kier alpha value is -1.35. The minimum absolute atomic E-state index is 0.123. The molecule has 2 atom stereocenters. The number of aryl methyl sites for hydroxylation is 1. The molecule has 3 heteroatoms. The largest absolute Gasteiger partial charge is 0.354 e. The minimum Gasteiger partial charge on any atom is -0.354 e. The van der Waals surface area contributed by atoms with Gasteiger partial charge in [-0.2, -0.15) is 0 Å². The van der Waals surface area contributed by atoms with Crippen LogP contribution < -0.4 is 10.6 Å². The summed E-state index contributed by atoms with van der Waals surface area (Å²) in [6, 6.07) is 8.99. The van der Waals surface area contributed by atoms with Crippen molar-refractivity contribution in [3.8, 4) is 0 Å². The maximum Gasteiger partial charge on any atom is 0.221 e. The molecule has 19 heavy (non-hydrogen) atoms. The molecule has 0 aliphatic carbocycles. The van der Waals surface area contributed by atoms with Gasteiger partial charge in [0.05, 0.1) is 0 Å². The van der Waals surface area contributed by atoms with Crippen molar-refractivity contribution in [2.24, 2.45) is 0 Å². The number of nitrogens with one attached hydrogen (secondary N) is 2. The Morgan fingerprint density at radius 1 is 1.32 bits per heavy atom. The first-order chi connectivity index (χ1) is 9.02. The van der Waals surface area contributed by atoms with Gasteiger partial charge in [-0.25, -0.2) is 0 Å². The monoisotopic (exact) mass is 262 g/mol. The summed E-state index contributed by atoms with van der Waals surface area (Å²) in [5.41, 5.74) is 2.53. The van der Waals surface area contributed by atoms with E-state index in [1.807, 2.05) is 6.92 Å². The van der Waals surface area contributed by atoms with E-state index >= 15 is 0 Å². The van der Waals surface area contributed by atoms with Crippen molar-refractivity contribution < 1.29 is 4.79 Å². The lowest BCUT2D eigenvalue weighted by molar-refractivity contribution is -0.121. The predicted molar refractivity (Wildman–Crippen MR) is 80.1 cm³/mol. The first-order valence-corrected chi connectivity index (χ1v) is 7.12. The average Bonchev–Trinajstić information content (AvgIpc) is 2.38. The van der Waals surface area contributed by atoms with E-state index in [0.717, 1.165) is 6.42 Å². The summed E-state index contributed by atoms with van der Waals surface area (Å²) in [6.07, 6.45) is 1.50. The molecule has 1 rings (SSSR count). The van der Waals surface area contributed by atoms with Gasteiger partial charge in [0.25, 0.3) is 0 Å². The highest BCUT2D eigenvalue weighted by molar-refractivity contribution is 5.76. The van der Waals surface area contributed by atoms with Crippen LogP contribution >= 0.6 is 0 Å². The highest BCUT2D eigenvalue weighted by Gasteiger charge is 2.07. The SMILES string of the molecule is CCC(C)NC(=O)CCNC(C)c1cccc(C)c1. The Bertz CT molecular complexity index is 403. The van der Waals surface area contributed by atoms with Crippen LogP contribution in [0.5, 0.6) is 0 Å². The van der Waals surface area contributed by atoms with E-state index < -0.39 is 0 Å². The zero-order valence-electron chi connectivity index (χ0n) is 12.5. The third kappa shape index (κ3) is 5.88. The normalized spacial score (nSPS) is 13.9. The Balaban J connectivity index is 2.31. The highest BCUT2D eigenvalue weighted by Crippen LogP contribution is 2.13. The molecule has 1 amide bonds. The summed E-state index contributed by atoms with van der Waals surface area (Å²) in [5.74, 6) is 0.123. The smallest absolute Gasteiger partial charge is 0.221 e. The number of hydrogen-bond acceptors (Lipinski definition) is 2. The molecule has 0 saturated heterocycles. The van der Waals surface area contributed by atoms with Gasteiger partial charge in [0.2, 0.25) is 5.91 Å². The number of hydrogen-bond donors (Lipinski definition) is 2. The average molecular weight is 262 g/mol. The van der Waals surface area contributed by atoms with Crippen molar-refractivity contribution in [3.63, 3.8) is 0 Å². The molecule has 1 aromatic rings. The van der Waals surface area contributed by atoms with Crippen molar-refractivity contribution in [2.45, 2.75) is 52.6 Å². The molecule has 0 radical (unpaired) electrons. The Morgan fingerprint density at radius 2 is 2.05 bits per heavy atom. The van der Waals surface area contributed by atoms with Crippen molar-refractivity contribution in [1.82, 2.24) is 10.6 Å². The lowest BCUT2D eigenvalue weighted by Gasteiger charge is -2.16. The van der Waals surface area contributed by atoms with Crippen LogP contribution in [0.25, 0.3) is 0 Å². The summed E-state index contributed by atoms with van der Waals surface area (Å²) in [5, 5.41) is 6.36. The molecular formula is C16H26N2O. The van der Waals surface area contributed by atoms with Gasteiger partial charge in [0.1, 0.15) is 0 Å². The van der Waals surface area contributed by atoms with E-state index in [0.29, 0.717) is 13.0 Å². The third-order valence-corrected chi connectivity index (χ3v) is 3.36. The predicted octanol–water partition coefficient (Wildman–Crippen LogP) is 2.95. The number of carbonyl (C=O) groups is 1. The Labute approximate surface area is 116 Å². The van der Waals surface area contributed by atoms with Crippen LogP contribution in [0.4, 0.5) is 0 Å². The number of benzene rings is 1. The fourth-order valence-corrected chi connectivity index (χ4v) is 1.91. The zero-order chi connectivity index (χ0) is 14.3. The van der Waals surface area contributed by atoms with Crippen molar-refractivity contribution in [1.29, 1.82) is 0 Å². The van der Waals surface area contributed by atoms with Crippen molar-refractivity contribution in [3.05, 3.63) is 35.4 Å². The summed E-state index contributed by atoms with van der Waals surface area (Å²) in [4.78, 5) is 11.6. The van der Waals surface area contributed by atoms with Gasteiger partial charge in [-0.05, 0) is 32.8 Å². The topological polar surface area (TPSA) is 41.1 Å². The molecule has 0 heterocycles. The van der Waals surface area contributed by atoms with Crippen LogP contribution in [0.2, 0.25) is 0 Å². The Kier molecular flexibility index (Phi) is 6.57. The summed E-state index contributed by atoms with van der Waals surface area (Å²) >= 11 is 0. The second kappa shape index (κ2) is 7.95.